The van der Waals surface area contributed by atoms with Crippen molar-refractivity contribution in [2.24, 2.45) is 4.99 Å². The summed E-state index contributed by atoms with van der Waals surface area (Å²) in [6, 6.07) is 0. The average Bonchev–Trinajstić information content (AvgIpc) is 1.89. The van der Waals surface area contributed by atoms with E-state index in [1.807, 2.05) is 0 Å². The van der Waals surface area contributed by atoms with Crippen LogP contribution in [-0.4, -0.2) is 31.7 Å². The van der Waals surface area contributed by atoms with Gasteiger partial charge < -0.3 is 9.47 Å². The molecule has 0 aromatic heterocycles. The second-order valence-corrected chi connectivity index (χ2v) is 1.87. The number of ether oxygens (including phenoxy) is 2. The summed E-state index contributed by atoms with van der Waals surface area (Å²) in [6.45, 7) is 2.92. The van der Waals surface area contributed by atoms with Gasteiger partial charge in [0.1, 0.15) is 0 Å². The van der Waals surface area contributed by atoms with Crippen LogP contribution in [-0.2, 0) is 9.47 Å². The van der Waals surface area contributed by atoms with Crippen molar-refractivity contribution in [3.05, 3.63) is 0 Å². The molecular formula is C6H11NO2S. The minimum Gasteiger partial charge on any atom is -0.382 e. The second-order valence-electron chi connectivity index (χ2n) is 1.68. The van der Waals surface area contributed by atoms with Crippen LogP contribution in [0.3, 0.4) is 0 Å². The van der Waals surface area contributed by atoms with Gasteiger partial charge in [0.2, 0.25) is 0 Å². The fourth-order valence-corrected chi connectivity index (χ4v) is 0.562. The van der Waals surface area contributed by atoms with Crippen LogP contribution in [0.15, 0.2) is 4.99 Å². The molecule has 10 heavy (non-hydrogen) atoms. The number of rotatable bonds is 5. The van der Waals surface area contributed by atoms with E-state index in [-0.39, 0.29) is 6.23 Å². The highest BCUT2D eigenvalue weighted by Crippen LogP contribution is 1.89. The molecule has 0 rings (SSSR count). The summed E-state index contributed by atoms with van der Waals surface area (Å²) in [7, 11) is 1.62. The third-order valence-corrected chi connectivity index (χ3v) is 0.986. The van der Waals surface area contributed by atoms with E-state index in [9.17, 15) is 0 Å². The van der Waals surface area contributed by atoms with E-state index in [4.69, 9.17) is 9.47 Å². The minimum atomic E-state index is -0.201. The van der Waals surface area contributed by atoms with Crippen LogP contribution in [0.4, 0.5) is 0 Å². The summed E-state index contributed by atoms with van der Waals surface area (Å²) in [6.07, 6.45) is -0.201. The van der Waals surface area contributed by atoms with Crippen molar-refractivity contribution in [1.82, 2.24) is 0 Å². The predicted octanol–water partition coefficient (Wildman–Crippen LogP) is 1.10. The molecule has 58 valence electrons. The molecule has 1 atom stereocenters. The molecule has 1 unspecified atom stereocenters. The molecule has 0 aromatic rings. The number of nitrogens with zero attached hydrogens (tertiary/aromatic N) is 1. The highest BCUT2D eigenvalue weighted by Gasteiger charge is 1.94. The molecule has 0 aromatic carbocycles. The molecule has 4 heteroatoms. The Balaban J connectivity index is 3.21. The van der Waals surface area contributed by atoms with Gasteiger partial charge in [-0.05, 0) is 19.1 Å². The molecule has 0 bridgehead atoms. The number of hydrogen-bond acceptors (Lipinski definition) is 4. The van der Waals surface area contributed by atoms with Crippen LogP contribution in [0.25, 0.3) is 0 Å². The van der Waals surface area contributed by atoms with E-state index in [0.29, 0.717) is 13.2 Å². The van der Waals surface area contributed by atoms with Crippen LogP contribution < -0.4 is 0 Å². The normalized spacial score (nSPS) is 12.2. The first-order valence-electron chi connectivity index (χ1n) is 2.98. The van der Waals surface area contributed by atoms with E-state index < -0.39 is 0 Å². The molecule has 0 aliphatic carbocycles. The molecule has 0 radical (unpaired) electrons. The number of hydrogen-bond donors (Lipinski definition) is 0. The van der Waals surface area contributed by atoms with E-state index in [2.05, 4.69) is 22.4 Å². The first kappa shape index (κ1) is 9.72. The first-order chi connectivity index (χ1) is 4.81. The maximum atomic E-state index is 5.10. The summed E-state index contributed by atoms with van der Waals surface area (Å²) >= 11 is 4.38. The summed E-state index contributed by atoms with van der Waals surface area (Å²) in [5.41, 5.74) is 0. The fraction of sp³-hybridized carbons (Fsp3) is 0.833. The van der Waals surface area contributed by atoms with Crippen molar-refractivity contribution in [3.8, 4) is 0 Å². The van der Waals surface area contributed by atoms with Crippen LogP contribution >= 0.6 is 12.2 Å². The van der Waals surface area contributed by atoms with Crippen molar-refractivity contribution in [2.75, 3.05) is 20.3 Å². The predicted molar refractivity (Wildman–Crippen MR) is 42.3 cm³/mol. The molecule has 0 amide bonds. The Morgan fingerprint density at radius 2 is 2.30 bits per heavy atom. The molecule has 0 heterocycles. The number of thiocarbonyl (C=S) groups is 1. The number of aliphatic imine (C=N–C) groups is 1. The van der Waals surface area contributed by atoms with Gasteiger partial charge in [-0.15, -0.1) is 0 Å². The smallest absolute Gasteiger partial charge is 0.155 e. The van der Waals surface area contributed by atoms with Crippen molar-refractivity contribution < 1.29 is 9.47 Å². The first-order valence-corrected chi connectivity index (χ1v) is 3.39. The van der Waals surface area contributed by atoms with Crippen LogP contribution in [0.2, 0.25) is 0 Å². The number of methoxy groups -OCH3 is 1. The van der Waals surface area contributed by atoms with Crippen molar-refractivity contribution in [2.45, 2.75) is 13.2 Å². The molecule has 0 aliphatic heterocycles. The largest absolute Gasteiger partial charge is 0.382 e. The molecule has 0 spiro atoms. The van der Waals surface area contributed by atoms with Gasteiger partial charge in [0.25, 0.3) is 0 Å². The molecule has 0 N–H and O–H groups in total. The van der Waals surface area contributed by atoms with Crippen LogP contribution in [0, 0.1) is 0 Å². The van der Waals surface area contributed by atoms with Crippen LogP contribution in [0.1, 0.15) is 6.92 Å². The Kier molecular flexibility index (Phi) is 6.64. The molecule has 0 saturated heterocycles. The Morgan fingerprint density at radius 1 is 1.60 bits per heavy atom. The molecular weight excluding hydrogens is 150 g/mol. The molecule has 0 aliphatic rings. The Morgan fingerprint density at radius 3 is 2.80 bits per heavy atom. The Labute approximate surface area is 66.0 Å². The molecule has 0 fully saturated rings. The Hall–Kier alpha value is -0.280. The zero-order valence-electron chi connectivity index (χ0n) is 6.16. The van der Waals surface area contributed by atoms with Crippen molar-refractivity contribution in [1.29, 1.82) is 0 Å². The molecule has 3 nitrogen and oxygen atoms in total. The van der Waals surface area contributed by atoms with Gasteiger partial charge in [-0.1, -0.05) is 0 Å². The fourth-order valence-electron chi connectivity index (χ4n) is 0.413. The summed E-state index contributed by atoms with van der Waals surface area (Å²) in [5.74, 6) is 0. The molecule has 0 saturated carbocycles. The van der Waals surface area contributed by atoms with Crippen molar-refractivity contribution in [3.63, 3.8) is 0 Å². The third kappa shape index (κ3) is 5.85. The van der Waals surface area contributed by atoms with E-state index in [1.165, 1.54) is 0 Å². The highest BCUT2D eigenvalue weighted by molar-refractivity contribution is 7.78. The SMILES string of the molecule is COCCOC(C)N=C=S. The van der Waals surface area contributed by atoms with E-state index >= 15 is 0 Å². The summed E-state index contributed by atoms with van der Waals surface area (Å²) in [4.78, 5) is 3.68. The topological polar surface area (TPSA) is 30.8 Å². The van der Waals surface area contributed by atoms with Crippen molar-refractivity contribution >= 4 is 17.4 Å². The van der Waals surface area contributed by atoms with E-state index in [0.717, 1.165) is 0 Å². The summed E-state index contributed by atoms with van der Waals surface area (Å²) in [5, 5.41) is 2.24. The lowest BCUT2D eigenvalue weighted by molar-refractivity contribution is 0.0312. The van der Waals surface area contributed by atoms with Gasteiger partial charge in [0.15, 0.2) is 6.23 Å². The quantitative estimate of drug-likeness (QED) is 0.343. The second kappa shape index (κ2) is 6.83. The lowest BCUT2D eigenvalue weighted by atomic mass is 10.6. The minimum absolute atomic E-state index is 0.201. The van der Waals surface area contributed by atoms with Gasteiger partial charge in [0.05, 0.1) is 18.4 Å². The van der Waals surface area contributed by atoms with Gasteiger partial charge in [0, 0.05) is 7.11 Å². The third-order valence-electron chi connectivity index (χ3n) is 0.881. The lowest BCUT2D eigenvalue weighted by Gasteiger charge is -2.04. The maximum absolute atomic E-state index is 5.10. The average molecular weight is 161 g/mol. The zero-order valence-corrected chi connectivity index (χ0v) is 6.98. The highest BCUT2D eigenvalue weighted by atomic mass is 32.1. The van der Waals surface area contributed by atoms with E-state index in [1.54, 1.807) is 14.0 Å². The standard InChI is InChI=1S/C6H11NO2S/c1-6(7-5-10)9-4-3-8-2/h6H,3-4H2,1-2H3. The Bertz CT molecular complexity index is 123. The summed E-state index contributed by atoms with van der Waals surface area (Å²) < 4.78 is 9.86. The maximum Gasteiger partial charge on any atom is 0.155 e. The zero-order chi connectivity index (χ0) is 7.82. The van der Waals surface area contributed by atoms with Crippen LogP contribution in [0.5, 0.6) is 0 Å². The van der Waals surface area contributed by atoms with Gasteiger partial charge in [-0.25, -0.2) is 4.99 Å². The van der Waals surface area contributed by atoms with Gasteiger partial charge in [-0.3, -0.25) is 0 Å². The lowest BCUT2D eigenvalue weighted by Crippen LogP contribution is -2.09. The van der Waals surface area contributed by atoms with Gasteiger partial charge in [-0.2, -0.15) is 0 Å². The monoisotopic (exact) mass is 161 g/mol. The number of isothiocyanates is 1. The van der Waals surface area contributed by atoms with Gasteiger partial charge >= 0.3 is 0 Å².